The number of carbonyl (C=O) groups excluding carboxylic acids is 1. The largest absolute Gasteiger partial charge is 0.462 e. The van der Waals surface area contributed by atoms with Crippen molar-refractivity contribution in [2.24, 2.45) is 5.92 Å². The molecule has 0 saturated carbocycles. The Morgan fingerprint density at radius 1 is 1.54 bits per heavy atom. The average molecular weight is 185 g/mol. The number of nitrogens with one attached hydrogen (secondary N) is 1. The maximum Gasteiger partial charge on any atom is 0.308 e. The van der Waals surface area contributed by atoms with Crippen LogP contribution in [0.3, 0.4) is 0 Å². The number of esters is 1. The molecule has 1 aliphatic heterocycles. The van der Waals surface area contributed by atoms with Gasteiger partial charge < -0.3 is 10.1 Å². The first kappa shape index (κ1) is 10.5. The summed E-state index contributed by atoms with van der Waals surface area (Å²) in [4.78, 5) is 11.4. The highest BCUT2D eigenvalue weighted by molar-refractivity contribution is 5.72. The molecule has 1 saturated heterocycles. The first-order valence-corrected chi connectivity index (χ1v) is 5.15. The standard InChI is InChI=1S/C10H19NO2/c1-3-8(2)10(12)13-9-4-6-11-7-5-9/h8-9,11H,3-7H2,1-2H3/t8-/m1/s1. The fraction of sp³-hybridized carbons (Fsp3) is 0.900. The third-order valence-electron chi connectivity index (χ3n) is 2.58. The van der Waals surface area contributed by atoms with Gasteiger partial charge >= 0.3 is 5.97 Å². The quantitative estimate of drug-likeness (QED) is 0.674. The van der Waals surface area contributed by atoms with Crippen molar-refractivity contribution in [1.82, 2.24) is 5.32 Å². The van der Waals surface area contributed by atoms with Crippen molar-refractivity contribution in [3.05, 3.63) is 0 Å². The van der Waals surface area contributed by atoms with Crippen molar-refractivity contribution in [2.75, 3.05) is 13.1 Å². The van der Waals surface area contributed by atoms with Gasteiger partial charge in [-0.2, -0.15) is 0 Å². The summed E-state index contributed by atoms with van der Waals surface area (Å²) >= 11 is 0. The molecule has 3 nitrogen and oxygen atoms in total. The number of rotatable bonds is 3. The molecule has 1 N–H and O–H groups in total. The first-order valence-electron chi connectivity index (χ1n) is 5.15. The Morgan fingerprint density at radius 3 is 2.69 bits per heavy atom. The highest BCUT2D eigenvalue weighted by atomic mass is 16.5. The molecule has 0 aromatic rings. The van der Waals surface area contributed by atoms with Crippen LogP contribution < -0.4 is 5.32 Å². The third-order valence-corrected chi connectivity index (χ3v) is 2.58. The molecular weight excluding hydrogens is 166 g/mol. The molecule has 76 valence electrons. The number of hydrogen-bond donors (Lipinski definition) is 1. The van der Waals surface area contributed by atoms with Gasteiger partial charge in [0.25, 0.3) is 0 Å². The van der Waals surface area contributed by atoms with E-state index in [1.165, 1.54) is 0 Å². The van der Waals surface area contributed by atoms with E-state index in [-0.39, 0.29) is 18.0 Å². The normalized spacial score (nSPS) is 21.1. The van der Waals surface area contributed by atoms with Gasteiger partial charge in [-0.05, 0) is 32.4 Å². The molecule has 0 aromatic heterocycles. The van der Waals surface area contributed by atoms with E-state index in [2.05, 4.69) is 5.32 Å². The van der Waals surface area contributed by atoms with Crippen LogP contribution in [0.25, 0.3) is 0 Å². The Hall–Kier alpha value is -0.570. The van der Waals surface area contributed by atoms with E-state index < -0.39 is 0 Å². The maximum absolute atomic E-state index is 11.4. The maximum atomic E-state index is 11.4. The number of piperidine rings is 1. The summed E-state index contributed by atoms with van der Waals surface area (Å²) in [5.74, 6) is 0.0179. The average Bonchev–Trinajstić information content (AvgIpc) is 2.18. The van der Waals surface area contributed by atoms with E-state index in [4.69, 9.17) is 4.74 Å². The van der Waals surface area contributed by atoms with E-state index in [1.54, 1.807) is 0 Å². The SMILES string of the molecule is CC[C@@H](C)C(=O)OC1CCNCC1. The molecule has 0 radical (unpaired) electrons. The van der Waals surface area contributed by atoms with Gasteiger partial charge in [0.2, 0.25) is 0 Å². The first-order chi connectivity index (χ1) is 6.24. The Bertz CT molecular complexity index is 164. The number of ether oxygens (including phenoxy) is 1. The molecule has 0 amide bonds. The minimum absolute atomic E-state index is 0.0330. The van der Waals surface area contributed by atoms with E-state index in [0.717, 1.165) is 32.4 Å². The molecule has 13 heavy (non-hydrogen) atoms. The summed E-state index contributed by atoms with van der Waals surface area (Å²) < 4.78 is 5.37. The molecule has 1 aliphatic rings. The molecule has 1 heterocycles. The highest BCUT2D eigenvalue weighted by Gasteiger charge is 2.20. The molecule has 0 aliphatic carbocycles. The second-order valence-corrected chi connectivity index (χ2v) is 3.70. The van der Waals surface area contributed by atoms with E-state index in [1.807, 2.05) is 13.8 Å². The van der Waals surface area contributed by atoms with Gasteiger partial charge in [-0.3, -0.25) is 4.79 Å². The predicted octanol–water partition coefficient (Wildman–Crippen LogP) is 1.33. The lowest BCUT2D eigenvalue weighted by Crippen LogP contribution is -2.34. The van der Waals surface area contributed by atoms with Crippen LogP contribution in [0.2, 0.25) is 0 Å². The zero-order chi connectivity index (χ0) is 9.68. The minimum Gasteiger partial charge on any atom is -0.462 e. The molecule has 3 heteroatoms. The zero-order valence-corrected chi connectivity index (χ0v) is 8.51. The Kier molecular flexibility index (Phi) is 4.22. The monoisotopic (exact) mass is 185 g/mol. The summed E-state index contributed by atoms with van der Waals surface area (Å²) in [6.45, 7) is 5.87. The van der Waals surface area contributed by atoms with Crippen LogP contribution >= 0.6 is 0 Å². The molecule has 0 spiro atoms. The fourth-order valence-corrected chi connectivity index (χ4v) is 1.36. The van der Waals surface area contributed by atoms with Gasteiger partial charge in [-0.15, -0.1) is 0 Å². The molecule has 0 aromatic carbocycles. The number of hydrogen-bond acceptors (Lipinski definition) is 3. The van der Waals surface area contributed by atoms with Crippen molar-refractivity contribution in [3.8, 4) is 0 Å². The Balaban J connectivity index is 2.26. The van der Waals surface area contributed by atoms with E-state index in [0.29, 0.717) is 0 Å². The summed E-state index contributed by atoms with van der Waals surface area (Å²) in [6, 6.07) is 0. The van der Waals surface area contributed by atoms with Crippen LogP contribution in [0.5, 0.6) is 0 Å². The summed E-state index contributed by atoms with van der Waals surface area (Å²) in [6.07, 6.45) is 2.94. The van der Waals surface area contributed by atoms with Crippen LogP contribution in [-0.2, 0) is 9.53 Å². The van der Waals surface area contributed by atoms with Crippen molar-refractivity contribution in [3.63, 3.8) is 0 Å². The van der Waals surface area contributed by atoms with Gasteiger partial charge in [-0.1, -0.05) is 13.8 Å². The molecule has 1 fully saturated rings. The molecule has 0 bridgehead atoms. The summed E-state index contributed by atoms with van der Waals surface area (Å²) in [5.41, 5.74) is 0. The second kappa shape index (κ2) is 5.22. The Morgan fingerprint density at radius 2 is 2.15 bits per heavy atom. The summed E-state index contributed by atoms with van der Waals surface area (Å²) in [5, 5.41) is 3.24. The minimum atomic E-state index is -0.0330. The molecular formula is C10H19NO2. The lowest BCUT2D eigenvalue weighted by Gasteiger charge is -2.23. The van der Waals surface area contributed by atoms with Crippen molar-refractivity contribution < 1.29 is 9.53 Å². The van der Waals surface area contributed by atoms with Crippen molar-refractivity contribution in [2.45, 2.75) is 39.2 Å². The predicted molar refractivity (Wildman–Crippen MR) is 51.4 cm³/mol. The van der Waals surface area contributed by atoms with Gasteiger partial charge in [0.15, 0.2) is 0 Å². The topological polar surface area (TPSA) is 38.3 Å². The van der Waals surface area contributed by atoms with Crippen LogP contribution in [-0.4, -0.2) is 25.2 Å². The molecule has 0 unspecified atom stereocenters. The lowest BCUT2D eigenvalue weighted by atomic mass is 10.1. The molecule has 1 rings (SSSR count). The van der Waals surface area contributed by atoms with Crippen LogP contribution in [0, 0.1) is 5.92 Å². The van der Waals surface area contributed by atoms with Gasteiger partial charge in [0.05, 0.1) is 5.92 Å². The highest BCUT2D eigenvalue weighted by Crippen LogP contribution is 2.11. The summed E-state index contributed by atoms with van der Waals surface area (Å²) in [7, 11) is 0. The van der Waals surface area contributed by atoms with Crippen LogP contribution in [0.15, 0.2) is 0 Å². The molecule has 1 atom stereocenters. The van der Waals surface area contributed by atoms with Crippen molar-refractivity contribution >= 4 is 5.97 Å². The Labute approximate surface area is 79.8 Å². The van der Waals surface area contributed by atoms with Crippen LogP contribution in [0.1, 0.15) is 33.1 Å². The van der Waals surface area contributed by atoms with Crippen molar-refractivity contribution in [1.29, 1.82) is 0 Å². The second-order valence-electron chi connectivity index (χ2n) is 3.70. The lowest BCUT2D eigenvalue weighted by molar-refractivity contribution is -0.154. The fourth-order valence-electron chi connectivity index (χ4n) is 1.36. The van der Waals surface area contributed by atoms with E-state index >= 15 is 0 Å². The van der Waals surface area contributed by atoms with Crippen LogP contribution in [0.4, 0.5) is 0 Å². The van der Waals surface area contributed by atoms with E-state index in [9.17, 15) is 4.79 Å². The van der Waals surface area contributed by atoms with Gasteiger partial charge in [-0.25, -0.2) is 0 Å². The van der Waals surface area contributed by atoms with Gasteiger partial charge in [0, 0.05) is 0 Å². The number of carbonyl (C=O) groups is 1. The third kappa shape index (κ3) is 3.35. The van der Waals surface area contributed by atoms with Gasteiger partial charge in [0.1, 0.15) is 6.10 Å². The zero-order valence-electron chi connectivity index (χ0n) is 8.51. The smallest absolute Gasteiger partial charge is 0.308 e.